The molecule has 1 amide bonds. The molecule has 0 bridgehead atoms. The van der Waals surface area contributed by atoms with Gasteiger partial charge in [0.2, 0.25) is 11.0 Å². The minimum atomic E-state index is -0.0590. The van der Waals surface area contributed by atoms with Gasteiger partial charge < -0.3 is 0 Å². The van der Waals surface area contributed by atoms with Crippen molar-refractivity contribution in [3.8, 4) is 0 Å². The Balaban J connectivity index is 1.41. The predicted octanol–water partition coefficient (Wildman–Crippen LogP) is 5.36. The SMILES string of the molecule is O=C(CSCc1ccccc1)Nc1nnc(SCc2ccc(Cl)cc2)s1. The Hall–Kier alpha value is -1.54. The number of rotatable bonds is 8. The number of anilines is 1. The van der Waals surface area contributed by atoms with Crippen LogP contribution >= 0.6 is 46.5 Å². The summed E-state index contributed by atoms with van der Waals surface area (Å²) in [6.07, 6.45) is 0. The van der Waals surface area contributed by atoms with Gasteiger partial charge in [0.05, 0.1) is 5.75 Å². The number of thioether (sulfide) groups is 2. The summed E-state index contributed by atoms with van der Waals surface area (Å²) in [6.45, 7) is 0. The highest BCUT2D eigenvalue weighted by molar-refractivity contribution is 8.00. The molecule has 3 rings (SSSR count). The summed E-state index contributed by atoms with van der Waals surface area (Å²) in [7, 11) is 0. The number of nitrogens with zero attached hydrogens (tertiary/aromatic N) is 2. The van der Waals surface area contributed by atoms with Crippen molar-refractivity contribution in [1.29, 1.82) is 0 Å². The average Bonchev–Trinajstić information content (AvgIpc) is 3.09. The Morgan fingerprint density at radius 3 is 2.50 bits per heavy atom. The van der Waals surface area contributed by atoms with E-state index in [2.05, 4.69) is 27.6 Å². The maximum atomic E-state index is 12.0. The molecule has 0 fully saturated rings. The summed E-state index contributed by atoms with van der Waals surface area (Å²) in [5.74, 6) is 1.93. The molecule has 134 valence electrons. The minimum Gasteiger partial charge on any atom is -0.300 e. The van der Waals surface area contributed by atoms with Crippen molar-refractivity contribution in [3.05, 3.63) is 70.7 Å². The van der Waals surface area contributed by atoms with Crippen molar-refractivity contribution in [2.75, 3.05) is 11.1 Å². The molecule has 4 nitrogen and oxygen atoms in total. The first-order chi connectivity index (χ1) is 12.7. The quantitative estimate of drug-likeness (QED) is 0.392. The van der Waals surface area contributed by atoms with E-state index in [1.54, 1.807) is 23.5 Å². The van der Waals surface area contributed by atoms with Crippen LogP contribution in [0.4, 0.5) is 5.13 Å². The van der Waals surface area contributed by atoms with Crippen LogP contribution in [0.2, 0.25) is 5.02 Å². The van der Waals surface area contributed by atoms with E-state index in [9.17, 15) is 4.79 Å². The highest BCUT2D eigenvalue weighted by Gasteiger charge is 2.09. The van der Waals surface area contributed by atoms with Crippen molar-refractivity contribution in [1.82, 2.24) is 10.2 Å². The van der Waals surface area contributed by atoms with Crippen molar-refractivity contribution in [3.63, 3.8) is 0 Å². The maximum Gasteiger partial charge on any atom is 0.236 e. The summed E-state index contributed by atoms with van der Waals surface area (Å²) in [5, 5.41) is 12.2. The Morgan fingerprint density at radius 1 is 1.00 bits per heavy atom. The first-order valence-electron chi connectivity index (χ1n) is 7.81. The fourth-order valence-electron chi connectivity index (χ4n) is 2.04. The van der Waals surface area contributed by atoms with Crippen LogP contribution in [0.15, 0.2) is 58.9 Å². The van der Waals surface area contributed by atoms with Gasteiger partial charge in [0.25, 0.3) is 0 Å². The summed E-state index contributed by atoms with van der Waals surface area (Å²) in [6, 6.07) is 17.8. The highest BCUT2D eigenvalue weighted by atomic mass is 35.5. The number of aromatic nitrogens is 2. The lowest BCUT2D eigenvalue weighted by Gasteiger charge is -2.02. The van der Waals surface area contributed by atoms with E-state index in [-0.39, 0.29) is 5.91 Å². The van der Waals surface area contributed by atoms with Gasteiger partial charge in [-0.1, -0.05) is 77.2 Å². The molecule has 0 spiro atoms. The van der Waals surface area contributed by atoms with Crippen LogP contribution in [-0.4, -0.2) is 21.9 Å². The lowest BCUT2D eigenvalue weighted by Crippen LogP contribution is -2.13. The molecular weight excluding hydrogens is 406 g/mol. The molecule has 0 aliphatic carbocycles. The van der Waals surface area contributed by atoms with Gasteiger partial charge in [-0.2, -0.15) is 0 Å². The third kappa shape index (κ3) is 6.32. The summed E-state index contributed by atoms with van der Waals surface area (Å²) >= 11 is 10.4. The first kappa shape index (κ1) is 19.2. The summed E-state index contributed by atoms with van der Waals surface area (Å²) < 4.78 is 0.826. The van der Waals surface area contributed by atoms with Gasteiger partial charge in [-0.05, 0) is 23.3 Å². The number of hydrogen-bond donors (Lipinski definition) is 1. The number of benzene rings is 2. The molecule has 0 saturated carbocycles. The molecule has 1 heterocycles. The van der Waals surface area contributed by atoms with Crippen LogP contribution in [0.5, 0.6) is 0 Å². The Labute approximate surface area is 169 Å². The van der Waals surface area contributed by atoms with Crippen molar-refractivity contribution in [2.45, 2.75) is 15.8 Å². The van der Waals surface area contributed by atoms with Gasteiger partial charge in [-0.15, -0.1) is 22.0 Å². The van der Waals surface area contributed by atoms with Crippen LogP contribution in [0.1, 0.15) is 11.1 Å². The Bertz CT molecular complexity index is 840. The molecule has 3 aromatic rings. The zero-order valence-corrected chi connectivity index (χ0v) is 16.9. The summed E-state index contributed by atoms with van der Waals surface area (Å²) in [4.78, 5) is 12.0. The van der Waals surface area contributed by atoms with Crippen molar-refractivity contribution in [2.24, 2.45) is 0 Å². The molecule has 1 N–H and O–H groups in total. The second-order valence-corrected chi connectivity index (χ2v) is 8.94. The third-order valence-corrected chi connectivity index (χ3v) is 6.57. The monoisotopic (exact) mass is 421 g/mol. The van der Waals surface area contributed by atoms with E-state index in [0.717, 1.165) is 26.4 Å². The topological polar surface area (TPSA) is 54.9 Å². The molecule has 2 aromatic carbocycles. The standard InChI is InChI=1S/C18H16ClN3OS3/c19-15-8-6-14(7-9-15)11-25-18-22-21-17(26-18)20-16(23)12-24-10-13-4-2-1-3-5-13/h1-9H,10-12H2,(H,20,21,23). The molecule has 0 saturated heterocycles. The van der Waals surface area contributed by atoms with E-state index in [1.807, 2.05) is 42.5 Å². The molecular formula is C18H16ClN3OS3. The van der Waals surface area contributed by atoms with Crippen molar-refractivity contribution >= 4 is 57.5 Å². The lowest BCUT2D eigenvalue weighted by molar-refractivity contribution is -0.113. The van der Waals surface area contributed by atoms with E-state index in [1.165, 1.54) is 16.9 Å². The van der Waals surface area contributed by atoms with Crippen LogP contribution in [-0.2, 0) is 16.3 Å². The lowest BCUT2D eigenvalue weighted by atomic mass is 10.2. The molecule has 0 aliphatic heterocycles. The zero-order valence-electron chi connectivity index (χ0n) is 13.7. The van der Waals surface area contributed by atoms with Gasteiger partial charge in [-0.3, -0.25) is 10.1 Å². The molecule has 0 radical (unpaired) electrons. The second-order valence-electron chi connectivity index (χ2n) is 5.31. The van der Waals surface area contributed by atoms with Gasteiger partial charge >= 0.3 is 0 Å². The fourth-order valence-corrected chi connectivity index (χ4v) is 4.67. The molecule has 8 heteroatoms. The third-order valence-electron chi connectivity index (χ3n) is 3.27. The number of nitrogens with one attached hydrogen (secondary N) is 1. The second kappa shape index (κ2) is 9.97. The van der Waals surface area contributed by atoms with Gasteiger partial charge in [0.1, 0.15) is 0 Å². The fraction of sp³-hybridized carbons (Fsp3) is 0.167. The van der Waals surface area contributed by atoms with Crippen LogP contribution in [0.3, 0.4) is 0 Å². The van der Waals surface area contributed by atoms with E-state index in [0.29, 0.717) is 10.9 Å². The van der Waals surface area contributed by atoms with Gasteiger partial charge in [-0.25, -0.2) is 0 Å². The molecule has 26 heavy (non-hydrogen) atoms. The zero-order chi connectivity index (χ0) is 18.2. The van der Waals surface area contributed by atoms with E-state index >= 15 is 0 Å². The number of halogens is 1. The van der Waals surface area contributed by atoms with Crippen LogP contribution in [0, 0.1) is 0 Å². The molecule has 1 aromatic heterocycles. The highest BCUT2D eigenvalue weighted by Crippen LogP contribution is 2.28. The number of amides is 1. The van der Waals surface area contributed by atoms with Gasteiger partial charge in [0, 0.05) is 16.5 Å². The average molecular weight is 422 g/mol. The molecule has 0 aliphatic rings. The van der Waals surface area contributed by atoms with Crippen molar-refractivity contribution < 1.29 is 4.79 Å². The first-order valence-corrected chi connectivity index (χ1v) is 11.1. The van der Waals surface area contributed by atoms with E-state index < -0.39 is 0 Å². The number of hydrogen-bond acceptors (Lipinski definition) is 6. The number of carbonyl (C=O) groups is 1. The maximum absolute atomic E-state index is 12.0. The van der Waals surface area contributed by atoms with Gasteiger partial charge in [0.15, 0.2) is 4.34 Å². The Morgan fingerprint density at radius 2 is 1.73 bits per heavy atom. The Kier molecular flexibility index (Phi) is 7.37. The molecule has 0 unspecified atom stereocenters. The minimum absolute atomic E-state index is 0.0590. The normalized spacial score (nSPS) is 10.7. The van der Waals surface area contributed by atoms with Crippen LogP contribution < -0.4 is 5.32 Å². The number of carbonyl (C=O) groups excluding carboxylic acids is 1. The van der Waals surface area contributed by atoms with Crippen LogP contribution in [0.25, 0.3) is 0 Å². The molecule has 0 atom stereocenters. The smallest absolute Gasteiger partial charge is 0.236 e. The largest absolute Gasteiger partial charge is 0.300 e. The summed E-state index contributed by atoms with van der Waals surface area (Å²) in [5.41, 5.74) is 2.37. The predicted molar refractivity (Wildman–Crippen MR) is 112 cm³/mol. The van der Waals surface area contributed by atoms with E-state index in [4.69, 9.17) is 11.6 Å².